The number of aliphatic carboxylic acids is 1. The van der Waals surface area contributed by atoms with Crippen molar-refractivity contribution >= 4 is 21.7 Å². The molecule has 136 valence electrons. The van der Waals surface area contributed by atoms with Crippen LogP contribution in [0.3, 0.4) is 0 Å². The van der Waals surface area contributed by atoms with Crippen LogP contribution in [0.4, 0.5) is 0 Å². The average molecular weight is 367 g/mol. The quantitative estimate of drug-likeness (QED) is 0.741. The van der Waals surface area contributed by atoms with Gasteiger partial charge in [0.2, 0.25) is 5.91 Å². The highest BCUT2D eigenvalue weighted by molar-refractivity contribution is 7.91. The summed E-state index contributed by atoms with van der Waals surface area (Å²) in [6.07, 6.45) is 4.21. The molecule has 8 nitrogen and oxygen atoms in total. The molecule has 0 saturated carbocycles. The van der Waals surface area contributed by atoms with Gasteiger partial charge in [-0.15, -0.1) is 0 Å². The first-order valence-corrected chi connectivity index (χ1v) is 10.0. The maximum atomic E-state index is 12.6. The van der Waals surface area contributed by atoms with Gasteiger partial charge in [-0.1, -0.05) is 6.07 Å². The predicted molar refractivity (Wildman–Crippen MR) is 89.7 cm³/mol. The van der Waals surface area contributed by atoms with Crippen LogP contribution in [0.2, 0.25) is 0 Å². The minimum absolute atomic E-state index is 0.0860. The molecule has 2 saturated heterocycles. The Morgan fingerprint density at radius 1 is 1.24 bits per heavy atom. The minimum Gasteiger partial charge on any atom is -0.480 e. The number of aromatic nitrogens is 1. The number of hydrogen-bond acceptors (Lipinski definition) is 6. The molecule has 25 heavy (non-hydrogen) atoms. The molecule has 0 radical (unpaired) electrons. The fourth-order valence-electron chi connectivity index (χ4n) is 3.65. The summed E-state index contributed by atoms with van der Waals surface area (Å²) in [5.41, 5.74) is 0.955. The largest absolute Gasteiger partial charge is 0.480 e. The van der Waals surface area contributed by atoms with Gasteiger partial charge in [-0.25, -0.2) is 8.42 Å². The zero-order chi connectivity index (χ0) is 18.0. The van der Waals surface area contributed by atoms with E-state index in [0.717, 1.165) is 5.56 Å². The van der Waals surface area contributed by atoms with E-state index in [2.05, 4.69) is 4.98 Å². The van der Waals surface area contributed by atoms with Crippen LogP contribution in [0.15, 0.2) is 24.5 Å². The first kappa shape index (κ1) is 17.8. The number of hydrogen-bond donors (Lipinski definition) is 1. The van der Waals surface area contributed by atoms with Crippen LogP contribution in [-0.2, 0) is 25.8 Å². The van der Waals surface area contributed by atoms with E-state index < -0.39 is 27.9 Å². The van der Waals surface area contributed by atoms with E-state index in [1.165, 1.54) is 0 Å². The van der Waals surface area contributed by atoms with E-state index >= 15 is 0 Å². The first-order valence-electron chi connectivity index (χ1n) is 8.20. The number of carboxylic acids is 1. The van der Waals surface area contributed by atoms with Gasteiger partial charge < -0.3 is 10.0 Å². The Hall–Kier alpha value is -2.00. The van der Waals surface area contributed by atoms with Crippen molar-refractivity contribution in [3.05, 3.63) is 30.1 Å². The molecule has 0 aromatic carbocycles. The van der Waals surface area contributed by atoms with Crippen LogP contribution in [0.1, 0.15) is 12.0 Å². The normalized spacial score (nSPS) is 25.5. The lowest BCUT2D eigenvalue weighted by Crippen LogP contribution is -2.61. The molecule has 3 rings (SSSR count). The second-order valence-corrected chi connectivity index (χ2v) is 8.68. The van der Waals surface area contributed by atoms with Crippen LogP contribution in [0.25, 0.3) is 0 Å². The number of amides is 1. The maximum absolute atomic E-state index is 12.6. The third-order valence-corrected chi connectivity index (χ3v) is 6.50. The number of fused-ring (bicyclic) bond motifs is 1. The van der Waals surface area contributed by atoms with E-state index in [4.69, 9.17) is 5.11 Å². The molecular formula is C16H21N3O5S. The molecule has 2 atom stereocenters. The van der Waals surface area contributed by atoms with Crippen molar-refractivity contribution in [2.24, 2.45) is 0 Å². The van der Waals surface area contributed by atoms with Gasteiger partial charge in [0.15, 0.2) is 9.84 Å². The lowest BCUT2D eigenvalue weighted by atomic mass is 10.0. The monoisotopic (exact) mass is 367 g/mol. The van der Waals surface area contributed by atoms with Crippen LogP contribution in [0, 0.1) is 0 Å². The molecule has 2 aliphatic heterocycles. The van der Waals surface area contributed by atoms with Crippen molar-refractivity contribution in [2.75, 3.05) is 31.1 Å². The maximum Gasteiger partial charge on any atom is 0.317 e. The number of pyridine rings is 1. The molecular weight excluding hydrogens is 346 g/mol. The standard InChI is InChI=1S/C16H21N3O5S/c20-15(4-3-12-2-1-5-17-8-12)19-7-6-18(9-16(21)22)13-10-25(23,24)11-14(13)19/h1-2,5,8,13-14H,3-4,6-7,9-11H2,(H,21,22)/t13-,14+/m0/s1. The van der Waals surface area contributed by atoms with Crippen LogP contribution < -0.4 is 0 Å². The molecule has 1 N–H and O–H groups in total. The number of aryl methyl sites for hydroxylation is 1. The molecule has 1 aromatic rings. The van der Waals surface area contributed by atoms with E-state index in [0.29, 0.717) is 19.5 Å². The molecule has 1 aromatic heterocycles. The number of carboxylic acid groups (broad SMARTS) is 1. The SMILES string of the molecule is O=C(O)CN1CCN(C(=O)CCc2cccnc2)[C@@H]2CS(=O)(=O)C[C@@H]21. The summed E-state index contributed by atoms with van der Waals surface area (Å²) in [5, 5.41) is 9.02. The van der Waals surface area contributed by atoms with Gasteiger partial charge in [-0.2, -0.15) is 0 Å². The first-order chi connectivity index (χ1) is 11.9. The zero-order valence-electron chi connectivity index (χ0n) is 13.7. The van der Waals surface area contributed by atoms with Gasteiger partial charge in [0.05, 0.1) is 24.1 Å². The molecule has 9 heteroatoms. The minimum atomic E-state index is -3.27. The Kier molecular flexibility index (Phi) is 5.05. The van der Waals surface area contributed by atoms with Crippen LogP contribution >= 0.6 is 0 Å². The number of piperazine rings is 1. The highest BCUT2D eigenvalue weighted by atomic mass is 32.2. The Bertz CT molecular complexity index is 752. The topological polar surface area (TPSA) is 108 Å². The smallest absolute Gasteiger partial charge is 0.317 e. The Morgan fingerprint density at radius 3 is 2.68 bits per heavy atom. The molecule has 2 fully saturated rings. The van der Waals surface area contributed by atoms with Gasteiger partial charge in [-0.05, 0) is 18.1 Å². The fraction of sp³-hybridized carbons (Fsp3) is 0.562. The highest BCUT2D eigenvalue weighted by Crippen LogP contribution is 2.27. The summed E-state index contributed by atoms with van der Waals surface area (Å²) in [6.45, 7) is 0.534. The van der Waals surface area contributed by atoms with Gasteiger partial charge in [0, 0.05) is 37.9 Å². The third-order valence-electron chi connectivity index (χ3n) is 4.80. The Morgan fingerprint density at radius 2 is 2.00 bits per heavy atom. The van der Waals surface area contributed by atoms with E-state index in [9.17, 15) is 18.0 Å². The molecule has 0 unspecified atom stereocenters. The second kappa shape index (κ2) is 7.09. The fourth-order valence-corrected chi connectivity index (χ4v) is 5.66. The molecule has 0 spiro atoms. The third kappa shape index (κ3) is 4.16. The number of carbonyl (C=O) groups excluding carboxylic acids is 1. The molecule has 0 aliphatic carbocycles. The number of sulfone groups is 1. The summed E-state index contributed by atoms with van der Waals surface area (Å²) >= 11 is 0. The number of rotatable bonds is 5. The molecule has 1 amide bonds. The Labute approximate surface area is 146 Å². The van der Waals surface area contributed by atoms with Gasteiger partial charge in [0.1, 0.15) is 0 Å². The summed E-state index contributed by atoms with van der Waals surface area (Å²) in [4.78, 5) is 31.0. The van der Waals surface area contributed by atoms with Crippen molar-refractivity contribution in [3.8, 4) is 0 Å². The molecule has 2 aliphatic rings. The highest BCUT2D eigenvalue weighted by Gasteiger charge is 2.48. The van der Waals surface area contributed by atoms with Crippen LogP contribution in [-0.4, -0.2) is 83.4 Å². The summed E-state index contributed by atoms with van der Waals surface area (Å²) in [6, 6.07) is 2.81. The summed E-state index contributed by atoms with van der Waals surface area (Å²) < 4.78 is 24.1. The van der Waals surface area contributed by atoms with Gasteiger partial charge in [-0.3, -0.25) is 19.5 Å². The summed E-state index contributed by atoms with van der Waals surface area (Å²) in [7, 11) is -3.27. The lowest BCUT2D eigenvalue weighted by Gasteiger charge is -2.43. The van der Waals surface area contributed by atoms with E-state index in [1.54, 1.807) is 22.2 Å². The van der Waals surface area contributed by atoms with Crippen LogP contribution in [0.5, 0.6) is 0 Å². The average Bonchev–Trinajstić information content (AvgIpc) is 2.89. The van der Waals surface area contributed by atoms with Crippen molar-refractivity contribution in [2.45, 2.75) is 24.9 Å². The van der Waals surface area contributed by atoms with Crippen molar-refractivity contribution in [3.63, 3.8) is 0 Å². The van der Waals surface area contributed by atoms with Gasteiger partial charge >= 0.3 is 5.97 Å². The number of nitrogens with zero attached hydrogens (tertiary/aromatic N) is 3. The summed E-state index contributed by atoms with van der Waals surface area (Å²) in [5.74, 6) is -1.26. The molecule has 0 bridgehead atoms. The Balaban J connectivity index is 1.69. The van der Waals surface area contributed by atoms with E-state index in [-0.39, 0.29) is 30.4 Å². The second-order valence-electron chi connectivity index (χ2n) is 6.52. The van der Waals surface area contributed by atoms with E-state index in [1.807, 2.05) is 12.1 Å². The zero-order valence-corrected chi connectivity index (χ0v) is 14.6. The predicted octanol–water partition coefficient (Wildman–Crippen LogP) is -0.591. The van der Waals surface area contributed by atoms with Crippen molar-refractivity contribution in [1.29, 1.82) is 0 Å². The number of carbonyl (C=O) groups is 2. The molecule has 3 heterocycles. The van der Waals surface area contributed by atoms with Crippen molar-refractivity contribution < 1.29 is 23.1 Å². The lowest BCUT2D eigenvalue weighted by molar-refractivity contribution is -0.142. The van der Waals surface area contributed by atoms with Crippen molar-refractivity contribution in [1.82, 2.24) is 14.8 Å². The van der Waals surface area contributed by atoms with Gasteiger partial charge in [0.25, 0.3) is 0 Å².